The van der Waals surface area contributed by atoms with E-state index in [2.05, 4.69) is 20.6 Å². The van der Waals surface area contributed by atoms with E-state index in [1.54, 1.807) is 19.9 Å². The molecule has 1 aliphatic heterocycles. The highest BCUT2D eigenvalue weighted by atomic mass is 127. The molecular formula is C16H26Cl2IN5O2S. The molecule has 2 heterocycles. The van der Waals surface area contributed by atoms with E-state index in [1.165, 1.54) is 6.20 Å². The topological polar surface area (TPSA) is 86.7 Å². The minimum absolute atomic E-state index is 0. The number of halogens is 3. The SMILES string of the molecule is CCNC(=NCCNc1ncc(Cl)cc1Cl)N1CCS(=O)(=O)C(C)(C)C1.I. The lowest BCUT2D eigenvalue weighted by Crippen LogP contribution is -2.57. The Kier molecular flexibility index (Phi) is 9.36. The molecule has 0 radical (unpaired) electrons. The molecule has 1 aromatic heterocycles. The first-order chi connectivity index (χ1) is 12.2. The van der Waals surface area contributed by atoms with Gasteiger partial charge in [-0.2, -0.15) is 0 Å². The highest BCUT2D eigenvalue weighted by Crippen LogP contribution is 2.24. The normalized spacial score (nSPS) is 18.6. The van der Waals surface area contributed by atoms with Crippen LogP contribution in [-0.2, 0) is 9.84 Å². The minimum Gasteiger partial charge on any atom is -0.367 e. The zero-order valence-electron chi connectivity index (χ0n) is 15.6. The quantitative estimate of drug-likeness (QED) is 0.254. The highest BCUT2D eigenvalue weighted by Gasteiger charge is 2.40. The first-order valence-electron chi connectivity index (χ1n) is 8.47. The maximum Gasteiger partial charge on any atom is 0.194 e. The summed E-state index contributed by atoms with van der Waals surface area (Å²) in [6, 6.07) is 1.63. The maximum atomic E-state index is 12.2. The lowest BCUT2D eigenvalue weighted by atomic mass is 10.2. The Morgan fingerprint density at radius 1 is 1.41 bits per heavy atom. The van der Waals surface area contributed by atoms with E-state index in [1.807, 2.05) is 11.8 Å². The predicted molar refractivity (Wildman–Crippen MR) is 124 cm³/mol. The summed E-state index contributed by atoms with van der Waals surface area (Å²) in [6.07, 6.45) is 1.53. The number of nitrogens with zero attached hydrogens (tertiary/aromatic N) is 3. The standard InChI is InChI=1S/C16H25Cl2N5O2S.HI/c1-4-19-15(23-7-8-26(24,25)16(2,3)11-23)21-6-5-20-14-13(18)9-12(17)10-22-14;/h9-10H,4-8,11H2,1-3H3,(H,19,21)(H,20,22);1H. The number of sulfone groups is 1. The fourth-order valence-electron chi connectivity index (χ4n) is 2.63. The molecule has 1 aliphatic rings. The van der Waals surface area contributed by atoms with Crippen molar-refractivity contribution >= 4 is 68.8 Å². The number of anilines is 1. The summed E-state index contributed by atoms with van der Waals surface area (Å²) >= 11 is 11.9. The molecule has 0 unspecified atom stereocenters. The summed E-state index contributed by atoms with van der Waals surface area (Å²) in [4.78, 5) is 10.7. The first kappa shape index (κ1) is 24.5. The number of aliphatic imine (C=N–C) groups is 1. The molecule has 1 aromatic rings. The van der Waals surface area contributed by atoms with E-state index >= 15 is 0 Å². The van der Waals surface area contributed by atoms with Gasteiger partial charge in [0.2, 0.25) is 0 Å². The minimum atomic E-state index is -3.08. The van der Waals surface area contributed by atoms with Crippen molar-refractivity contribution in [1.29, 1.82) is 0 Å². The number of guanidine groups is 1. The smallest absolute Gasteiger partial charge is 0.194 e. The van der Waals surface area contributed by atoms with Gasteiger partial charge in [-0.05, 0) is 26.8 Å². The van der Waals surface area contributed by atoms with Crippen LogP contribution in [0.1, 0.15) is 20.8 Å². The summed E-state index contributed by atoms with van der Waals surface area (Å²) in [5.74, 6) is 1.40. The third-order valence-corrected chi connectivity index (χ3v) is 7.18. The van der Waals surface area contributed by atoms with Crippen LogP contribution in [0, 0.1) is 0 Å². The zero-order valence-corrected chi connectivity index (χ0v) is 20.3. The summed E-state index contributed by atoms with van der Waals surface area (Å²) in [7, 11) is -3.08. The fraction of sp³-hybridized carbons (Fsp3) is 0.625. The van der Waals surface area contributed by atoms with Crippen molar-refractivity contribution in [3.8, 4) is 0 Å². The number of pyridine rings is 1. The average Bonchev–Trinajstić information content (AvgIpc) is 2.55. The lowest BCUT2D eigenvalue weighted by Gasteiger charge is -2.39. The van der Waals surface area contributed by atoms with Gasteiger partial charge < -0.3 is 15.5 Å². The number of rotatable bonds is 5. The number of hydrogen-bond donors (Lipinski definition) is 2. The van der Waals surface area contributed by atoms with E-state index in [0.29, 0.717) is 54.5 Å². The van der Waals surface area contributed by atoms with Crippen LogP contribution in [-0.4, -0.2) is 67.5 Å². The van der Waals surface area contributed by atoms with Gasteiger partial charge in [0, 0.05) is 32.4 Å². The maximum absolute atomic E-state index is 12.2. The van der Waals surface area contributed by atoms with Crippen LogP contribution in [0.5, 0.6) is 0 Å². The Balaban J connectivity index is 0.00000364. The van der Waals surface area contributed by atoms with E-state index < -0.39 is 14.6 Å². The second-order valence-electron chi connectivity index (χ2n) is 6.65. The van der Waals surface area contributed by atoms with Gasteiger partial charge in [0.05, 0.1) is 27.1 Å². The summed E-state index contributed by atoms with van der Waals surface area (Å²) < 4.78 is 23.6. The summed E-state index contributed by atoms with van der Waals surface area (Å²) in [5.41, 5.74) is 0. The van der Waals surface area contributed by atoms with Crippen molar-refractivity contribution < 1.29 is 8.42 Å². The van der Waals surface area contributed by atoms with Crippen molar-refractivity contribution in [3.63, 3.8) is 0 Å². The third-order valence-electron chi connectivity index (χ3n) is 4.15. The Hall–Kier alpha value is -0.520. The van der Waals surface area contributed by atoms with Crippen molar-refractivity contribution in [2.24, 2.45) is 4.99 Å². The first-order valence-corrected chi connectivity index (χ1v) is 10.9. The monoisotopic (exact) mass is 549 g/mol. The highest BCUT2D eigenvalue weighted by molar-refractivity contribution is 14.0. The van der Waals surface area contributed by atoms with Crippen LogP contribution in [0.2, 0.25) is 10.0 Å². The molecule has 1 fully saturated rings. The predicted octanol–water partition coefficient (Wildman–Crippen LogP) is 2.89. The molecular weight excluding hydrogens is 524 g/mol. The van der Waals surface area contributed by atoms with Crippen LogP contribution in [0.25, 0.3) is 0 Å². The van der Waals surface area contributed by atoms with Crippen LogP contribution < -0.4 is 10.6 Å². The molecule has 27 heavy (non-hydrogen) atoms. The largest absolute Gasteiger partial charge is 0.367 e. The van der Waals surface area contributed by atoms with Crippen LogP contribution >= 0.6 is 47.2 Å². The van der Waals surface area contributed by atoms with E-state index in [-0.39, 0.29) is 29.7 Å². The van der Waals surface area contributed by atoms with Crippen molar-refractivity contribution in [2.75, 3.05) is 43.8 Å². The van der Waals surface area contributed by atoms with Crippen LogP contribution in [0.4, 0.5) is 5.82 Å². The van der Waals surface area contributed by atoms with Gasteiger partial charge in [0.1, 0.15) is 5.82 Å². The Bertz CT molecular complexity index is 774. The molecule has 7 nitrogen and oxygen atoms in total. The van der Waals surface area contributed by atoms with Crippen molar-refractivity contribution in [3.05, 3.63) is 22.3 Å². The number of nitrogens with one attached hydrogen (secondary N) is 2. The number of aromatic nitrogens is 1. The van der Waals surface area contributed by atoms with Gasteiger partial charge in [0.25, 0.3) is 0 Å². The van der Waals surface area contributed by atoms with E-state index in [9.17, 15) is 8.42 Å². The van der Waals surface area contributed by atoms with Gasteiger partial charge >= 0.3 is 0 Å². The average molecular weight is 550 g/mol. The molecule has 0 aliphatic carbocycles. The molecule has 2 N–H and O–H groups in total. The second-order valence-corrected chi connectivity index (χ2v) is 10.2. The fourth-order valence-corrected chi connectivity index (χ4v) is 4.44. The Morgan fingerprint density at radius 3 is 2.70 bits per heavy atom. The lowest BCUT2D eigenvalue weighted by molar-refractivity contribution is 0.353. The van der Waals surface area contributed by atoms with Crippen molar-refractivity contribution in [2.45, 2.75) is 25.5 Å². The molecule has 0 saturated carbocycles. The van der Waals surface area contributed by atoms with Gasteiger partial charge in [-0.15, -0.1) is 24.0 Å². The molecule has 2 rings (SSSR count). The molecule has 0 atom stereocenters. The molecule has 0 amide bonds. The van der Waals surface area contributed by atoms with Gasteiger partial charge in [-0.3, -0.25) is 4.99 Å². The second kappa shape index (κ2) is 10.3. The van der Waals surface area contributed by atoms with Gasteiger partial charge in [0.15, 0.2) is 15.8 Å². The molecule has 11 heteroatoms. The summed E-state index contributed by atoms with van der Waals surface area (Å²) in [5, 5.41) is 7.29. The molecule has 0 spiro atoms. The third kappa shape index (κ3) is 6.50. The summed E-state index contributed by atoms with van der Waals surface area (Å²) in [6.45, 7) is 8.10. The van der Waals surface area contributed by atoms with E-state index in [0.717, 1.165) is 0 Å². The van der Waals surface area contributed by atoms with Crippen molar-refractivity contribution in [1.82, 2.24) is 15.2 Å². The van der Waals surface area contributed by atoms with Gasteiger partial charge in [-0.25, -0.2) is 13.4 Å². The molecule has 154 valence electrons. The van der Waals surface area contributed by atoms with Gasteiger partial charge in [-0.1, -0.05) is 23.2 Å². The molecule has 0 aromatic carbocycles. The van der Waals surface area contributed by atoms with Crippen LogP contribution in [0.3, 0.4) is 0 Å². The van der Waals surface area contributed by atoms with E-state index in [4.69, 9.17) is 23.2 Å². The van der Waals surface area contributed by atoms with Crippen LogP contribution in [0.15, 0.2) is 17.3 Å². The zero-order chi connectivity index (χ0) is 19.4. The Morgan fingerprint density at radius 2 is 2.11 bits per heavy atom. The Labute approximate surface area is 188 Å². The molecule has 1 saturated heterocycles. The number of hydrogen-bond acceptors (Lipinski definition) is 5. The molecule has 0 bridgehead atoms.